The maximum atomic E-state index is 7.21. The third-order valence-corrected chi connectivity index (χ3v) is 11.9. The first-order valence-electron chi connectivity index (χ1n) is 12.2. The van der Waals surface area contributed by atoms with Crippen molar-refractivity contribution in [3.05, 3.63) is 109 Å². The Hall–Kier alpha value is -2.50. The lowest BCUT2D eigenvalue weighted by atomic mass is 10.00. The summed E-state index contributed by atoms with van der Waals surface area (Å²) in [6.45, 7) is 14.0. The Morgan fingerprint density at radius 2 is 1.41 bits per heavy atom. The standard InChI is InChI=1S/C30H37NO2Si/c1-5-21-31-22-29(32-23-25-15-9-6-10-16-25)28(31)24-33-34(30(2,3)4,26-17-11-7-12-18-26)27-19-13-8-14-20-27/h5-20,28-29H,1,21-24H2,2-4H3/t28-,29+/m1/s1. The predicted molar refractivity (Wildman–Crippen MR) is 144 cm³/mol. The van der Waals surface area contributed by atoms with Gasteiger partial charge in [-0.05, 0) is 21.0 Å². The van der Waals surface area contributed by atoms with Gasteiger partial charge in [-0.15, -0.1) is 6.58 Å². The highest BCUT2D eigenvalue weighted by Gasteiger charge is 2.51. The van der Waals surface area contributed by atoms with E-state index in [1.165, 1.54) is 15.9 Å². The van der Waals surface area contributed by atoms with E-state index in [0.717, 1.165) is 13.1 Å². The molecule has 0 spiro atoms. The summed E-state index contributed by atoms with van der Waals surface area (Å²) in [5.41, 5.74) is 1.20. The summed E-state index contributed by atoms with van der Waals surface area (Å²) in [6, 6.07) is 32.3. The maximum Gasteiger partial charge on any atom is 0.261 e. The van der Waals surface area contributed by atoms with Crippen molar-refractivity contribution in [3.8, 4) is 0 Å². The number of likely N-dealkylation sites (tertiary alicyclic amines) is 1. The molecule has 0 bridgehead atoms. The molecule has 4 rings (SSSR count). The van der Waals surface area contributed by atoms with E-state index in [2.05, 4.69) is 117 Å². The molecular formula is C30H37NO2Si. The van der Waals surface area contributed by atoms with E-state index in [1.54, 1.807) is 0 Å². The van der Waals surface area contributed by atoms with Gasteiger partial charge in [0.15, 0.2) is 0 Å². The van der Waals surface area contributed by atoms with Gasteiger partial charge in [-0.25, -0.2) is 0 Å². The van der Waals surface area contributed by atoms with Crippen molar-refractivity contribution in [3.63, 3.8) is 0 Å². The minimum atomic E-state index is -2.57. The highest BCUT2D eigenvalue weighted by molar-refractivity contribution is 6.99. The Labute approximate surface area is 206 Å². The van der Waals surface area contributed by atoms with Gasteiger partial charge in [-0.1, -0.05) is 118 Å². The molecular weight excluding hydrogens is 434 g/mol. The van der Waals surface area contributed by atoms with Gasteiger partial charge in [0.2, 0.25) is 0 Å². The lowest BCUT2D eigenvalue weighted by Crippen LogP contribution is -2.70. The van der Waals surface area contributed by atoms with Crippen LogP contribution in [0.1, 0.15) is 26.3 Å². The molecule has 3 aromatic carbocycles. The second kappa shape index (κ2) is 10.8. The molecule has 34 heavy (non-hydrogen) atoms. The fourth-order valence-electron chi connectivity index (χ4n) is 5.09. The van der Waals surface area contributed by atoms with E-state index >= 15 is 0 Å². The van der Waals surface area contributed by atoms with Crippen LogP contribution >= 0.6 is 0 Å². The summed E-state index contributed by atoms with van der Waals surface area (Å²) in [4.78, 5) is 2.42. The molecule has 0 aromatic heterocycles. The van der Waals surface area contributed by atoms with E-state index in [0.29, 0.717) is 13.2 Å². The van der Waals surface area contributed by atoms with Gasteiger partial charge in [0.05, 0.1) is 25.4 Å². The second-order valence-electron chi connectivity index (χ2n) is 10.1. The number of ether oxygens (including phenoxy) is 1. The molecule has 3 nitrogen and oxygen atoms in total. The van der Waals surface area contributed by atoms with Gasteiger partial charge >= 0.3 is 0 Å². The number of hydrogen-bond donors (Lipinski definition) is 0. The average Bonchev–Trinajstić information content (AvgIpc) is 2.84. The molecule has 0 unspecified atom stereocenters. The molecule has 178 valence electrons. The Morgan fingerprint density at radius 1 is 0.882 bits per heavy atom. The zero-order valence-corrected chi connectivity index (χ0v) is 21.7. The molecule has 4 heteroatoms. The Morgan fingerprint density at radius 3 is 1.91 bits per heavy atom. The van der Waals surface area contributed by atoms with E-state index in [9.17, 15) is 0 Å². The van der Waals surface area contributed by atoms with Crippen LogP contribution in [0.5, 0.6) is 0 Å². The van der Waals surface area contributed by atoms with Crippen LogP contribution in [-0.4, -0.2) is 45.1 Å². The Balaban J connectivity index is 1.60. The number of benzene rings is 3. The van der Waals surface area contributed by atoms with Gasteiger partial charge in [-0.3, -0.25) is 4.90 Å². The third kappa shape index (κ3) is 5.11. The molecule has 1 saturated heterocycles. The highest BCUT2D eigenvalue weighted by Crippen LogP contribution is 2.37. The molecule has 1 aliphatic heterocycles. The molecule has 2 atom stereocenters. The monoisotopic (exact) mass is 471 g/mol. The molecule has 1 heterocycles. The minimum Gasteiger partial charge on any atom is -0.406 e. The number of hydrogen-bond acceptors (Lipinski definition) is 3. The fraction of sp³-hybridized carbons (Fsp3) is 0.333. The van der Waals surface area contributed by atoms with E-state index in [1.807, 2.05) is 12.1 Å². The zero-order valence-electron chi connectivity index (χ0n) is 20.7. The van der Waals surface area contributed by atoms with Crippen LogP contribution in [0.3, 0.4) is 0 Å². The van der Waals surface area contributed by atoms with Crippen molar-refractivity contribution in [2.24, 2.45) is 0 Å². The van der Waals surface area contributed by atoms with Gasteiger partial charge in [-0.2, -0.15) is 0 Å². The molecule has 0 aliphatic carbocycles. The van der Waals surface area contributed by atoms with E-state index < -0.39 is 8.32 Å². The van der Waals surface area contributed by atoms with Crippen molar-refractivity contribution in [1.29, 1.82) is 0 Å². The largest absolute Gasteiger partial charge is 0.406 e. The van der Waals surface area contributed by atoms with Crippen molar-refractivity contribution in [2.75, 3.05) is 19.7 Å². The summed E-state index contributed by atoms with van der Waals surface area (Å²) in [5.74, 6) is 0. The fourth-order valence-corrected chi connectivity index (χ4v) is 9.66. The maximum absolute atomic E-state index is 7.21. The van der Waals surface area contributed by atoms with Crippen LogP contribution in [-0.2, 0) is 15.8 Å². The molecule has 0 N–H and O–H groups in total. The summed E-state index contributed by atoms with van der Waals surface area (Å²) < 4.78 is 13.6. The quantitative estimate of drug-likeness (QED) is 0.306. The predicted octanol–water partition coefficient (Wildman–Crippen LogP) is 5.02. The smallest absolute Gasteiger partial charge is 0.261 e. The van der Waals surface area contributed by atoms with Crippen LogP contribution in [0.4, 0.5) is 0 Å². The second-order valence-corrected chi connectivity index (χ2v) is 14.4. The topological polar surface area (TPSA) is 21.7 Å². The van der Waals surface area contributed by atoms with Crippen molar-refractivity contribution in [1.82, 2.24) is 4.90 Å². The lowest BCUT2D eigenvalue weighted by Gasteiger charge is -2.50. The van der Waals surface area contributed by atoms with Crippen LogP contribution in [0.2, 0.25) is 5.04 Å². The summed E-state index contributed by atoms with van der Waals surface area (Å²) >= 11 is 0. The average molecular weight is 472 g/mol. The van der Waals surface area contributed by atoms with Crippen molar-refractivity contribution < 1.29 is 9.16 Å². The Bertz CT molecular complexity index is 994. The van der Waals surface area contributed by atoms with Gasteiger partial charge in [0, 0.05) is 13.1 Å². The number of nitrogens with zero attached hydrogens (tertiary/aromatic N) is 1. The normalized spacial score (nSPS) is 18.9. The molecule has 3 aromatic rings. The first-order chi connectivity index (χ1) is 16.5. The first-order valence-corrected chi connectivity index (χ1v) is 14.1. The van der Waals surface area contributed by atoms with Gasteiger partial charge in [0.25, 0.3) is 8.32 Å². The minimum absolute atomic E-state index is 0.0386. The van der Waals surface area contributed by atoms with Gasteiger partial charge in [0.1, 0.15) is 0 Å². The lowest BCUT2D eigenvalue weighted by molar-refractivity contribution is -0.118. The van der Waals surface area contributed by atoms with Crippen LogP contribution in [0, 0.1) is 0 Å². The molecule has 0 amide bonds. The SMILES string of the molecule is C=CCN1C[C@H](OCc2ccccc2)[C@H]1CO[Si](c1ccccc1)(c1ccccc1)C(C)(C)C. The molecule has 1 fully saturated rings. The molecule has 0 radical (unpaired) electrons. The highest BCUT2D eigenvalue weighted by atomic mass is 28.4. The number of rotatable bonds is 10. The van der Waals surface area contributed by atoms with Crippen molar-refractivity contribution >= 4 is 18.7 Å². The Kier molecular flexibility index (Phi) is 7.84. The summed E-state index contributed by atoms with van der Waals surface area (Å²) in [6.07, 6.45) is 2.13. The van der Waals surface area contributed by atoms with Crippen molar-refractivity contribution in [2.45, 2.75) is 44.6 Å². The summed E-state index contributed by atoms with van der Waals surface area (Å²) in [7, 11) is -2.57. The van der Waals surface area contributed by atoms with E-state index in [4.69, 9.17) is 9.16 Å². The third-order valence-electron chi connectivity index (χ3n) is 6.87. The van der Waals surface area contributed by atoms with Crippen LogP contribution in [0.25, 0.3) is 0 Å². The summed E-state index contributed by atoms with van der Waals surface area (Å²) in [5, 5.41) is 2.58. The molecule has 1 aliphatic rings. The van der Waals surface area contributed by atoms with E-state index in [-0.39, 0.29) is 17.2 Å². The van der Waals surface area contributed by atoms with Gasteiger partial charge < -0.3 is 9.16 Å². The molecule has 0 saturated carbocycles. The zero-order chi connectivity index (χ0) is 24.0. The van der Waals surface area contributed by atoms with Crippen LogP contribution < -0.4 is 10.4 Å². The first kappa shape index (κ1) is 24.6. The van der Waals surface area contributed by atoms with Crippen LogP contribution in [0.15, 0.2) is 104 Å².